The Bertz CT molecular complexity index is 684. The number of aliphatic carboxylic acids is 1. The lowest BCUT2D eigenvalue weighted by molar-refractivity contribution is -0.156. The Labute approximate surface area is 164 Å². The fourth-order valence-corrected chi connectivity index (χ4v) is 2.86. The maximum Gasteiger partial charge on any atom is 0.410 e. The Balaban J connectivity index is 1.83. The topological polar surface area (TPSA) is 102 Å². The van der Waals surface area contributed by atoms with Crippen LogP contribution in [0.15, 0.2) is 30.3 Å². The number of amides is 1. The van der Waals surface area contributed by atoms with Gasteiger partial charge < -0.3 is 19.3 Å². The maximum absolute atomic E-state index is 12.3. The number of ether oxygens (including phenoxy) is 3. The zero-order chi connectivity index (χ0) is 20.7. The van der Waals surface area contributed by atoms with E-state index < -0.39 is 29.8 Å². The highest BCUT2D eigenvalue weighted by Crippen LogP contribution is 2.22. The Morgan fingerprint density at radius 2 is 1.86 bits per heavy atom. The summed E-state index contributed by atoms with van der Waals surface area (Å²) in [4.78, 5) is 36.7. The number of nitrogens with zero attached hydrogens (tertiary/aromatic N) is 1. The number of carbonyl (C=O) groups excluding carboxylic acids is 2. The van der Waals surface area contributed by atoms with Crippen LogP contribution in [0.25, 0.3) is 0 Å². The van der Waals surface area contributed by atoms with Gasteiger partial charge in [0, 0.05) is 6.42 Å². The molecule has 8 heteroatoms. The van der Waals surface area contributed by atoms with E-state index in [1.165, 1.54) is 0 Å². The molecule has 2 rings (SSSR count). The Morgan fingerprint density at radius 1 is 1.18 bits per heavy atom. The summed E-state index contributed by atoms with van der Waals surface area (Å²) in [5.41, 5.74) is 0.241. The average Bonchev–Trinajstić information content (AvgIpc) is 3.03. The second-order valence-corrected chi connectivity index (χ2v) is 7.61. The first kappa shape index (κ1) is 21.7. The second-order valence-electron chi connectivity index (χ2n) is 7.61. The van der Waals surface area contributed by atoms with Crippen molar-refractivity contribution in [1.82, 2.24) is 4.90 Å². The van der Waals surface area contributed by atoms with Crippen LogP contribution >= 0.6 is 0 Å². The van der Waals surface area contributed by atoms with Gasteiger partial charge in [-0.05, 0) is 26.3 Å². The van der Waals surface area contributed by atoms with Gasteiger partial charge in [0.25, 0.3) is 0 Å². The normalized spacial score (nSPS) is 19.3. The molecule has 1 aromatic carbocycles. The first-order valence-corrected chi connectivity index (χ1v) is 9.19. The van der Waals surface area contributed by atoms with Crippen molar-refractivity contribution >= 4 is 18.0 Å². The number of carboxylic acid groups (broad SMARTS) is 1. The molecule has 0 aromatic heterocycles. The number of hydrogen-bond donors (Lipinski definition) is 1. The molecule has 0 aliphatic carbocycles. The van der Waals surface area contributed by atoms with E-state index >= 15 is 0 Å². The Kier molecular flexibility index (Phi) is 7.39. The van der Waals surface area contributed by atoms with Gasteiger partial charge in [-0.25, -0.2) is 9.59 Å². The van der Waals surface area contributed by atoms with E-state index in [4.69, 9.17) is 14.2 Å². The van der Waals surface area contributed by atoms with E-state index in [0.717, 1.165) is 10.5 Å². The molecule has 0 spiro atoms. The van der Waals surface area contributed by atoms with Gasteiger partial charge in [0.1, 0.15) is 18.2 Å². The van der Waals surface area contributed by atoms with Crippen LogP contribution < -0.4 is 0 Å². The zero-order valence-corrected chi connectivity index (χ0v) is 16.4. The van der Waals surface area contributed by atoms with Crippen LogP contribution in [0.5, 0.6) is 0 Å². The molecule has 8 nitrogen and oxygen atoms in total. The smallest absolute Gasteiger partial charge is 0.410 e. The van der Waals surface area contributed by atoms with Gasteiger partial charge in [0.05, 0.1) is 25.7 Å². The predicted octanol–water partition coefficient (Wildman–Crippen LogP) is 2.60. The molecule has 0 saturated carbocycles. The van der Waals surface area contributed by atoms with Crippen LogP contribution in [-0.4, -0.2) is 58.9 Å². The third-order valence-electron chi connectivity index (χ3n) is 4.07. The van der Waals surface area contributed by atoms with Crippen molar-refractivity contribution in [3.63, 3.8) is 0 Å². The van der Waals surface area contributed by atoms with Crippen LogP contribution in [0.2, 0.25) is 0 Å². The highest BCUT2D eigenvalue weighted by molar-refractivity contribution is 5.81. The lowest BCUT2D eigenvalue weighted by Crippen LogP contribution is -2.40. The fraction of sp³-hybridized carbons (Fsp3) is 0.550. The Morgan fingerprint density at radius 3 is 2.46 bits per heavy atom. The van der Waals surface area contributed by atoms with Crippen molar-refractivity contribution in [1.29, 1.82) is 0 Å². The third-order valence-corrected chi connectivity index (χ3v) is 4.07. The summed E-state index contributed by atoms with van der Waals surface area (Å²) >= 11 is 0. The van der Waals surface area contributed by atoms with Crippen molar-refractivity contribution in [2.24, 2.45) is 0 Å². The van der Waals surface area contributed by atoms with Crippen LogP contribution in [-0.2, 0) is 30.4 Å². The second kappa shape index (κ2) is 9.54. The summed E-state index contributed by atoms with van der Waals surface area (Å²) in [5.74, 6) is -1.51. The van der Waals surface area contributed by atoms with Gasteiger partial charge in [0.2, 0.25) is 0 Å². The summed E-state index contributed by atoms with van der Waals surface area (Å²) in [6.07, 6.45) is -0.976. The molecule has 154 valence electrons. The SMILES string of the molecule is CC(C)(C)OC(=O)CCO[C@H]1C[C@@H](C(=O)O)N(C(=O)OCc2ccccc2)C1. The van der Waals surface area contributed by atoms with Gasteiger partial charge in [-0.1, -0.05) is 30.3 Å². The summed E-state index contributed by atoms with van der Waals surface area (Å²) in [6.45, 7) is 5.59. The van der Waals surface area contributed by atoms with E-state index in [0.29, 0.717) is 0 Å². The summed E-state index contributed by atoms with van der Waals surface area (Å²) in [6, 6.07) is 8.12. The van der Waals surface area contributed by atoms with Crippen molar-refractivity contribution in [3.05, 3.63) is 35.9 Å². The van der Waals surface area contributed by atoms with Crippen LogP contribution in [0.4, 0.5) is 4.79 Å². The molecule has 1 aromatic rings. The number of esters is 1. The molecule has 1 saturated heterocycles. The summed E-state index contributed by atoms with van der Waals surface area (Å²) in [7, 11) is 0. The third kappa shape index (κ3) is 6.84. The highest BCUT2D eigenvalue weighted by atomic mass is 16.6. The molecule has 1 heterocycles. The maximum atomic E-state index is 12.3. The molecular weight excluding hydrogens is 366 g/mol. The Hall–Kier alpha value is -2.61. The van der Waals surface area contributed by atoms with Crippen molar-refractivity contribution in [3.8, 4) is 0 Å². The van der Waals surface area contributed by atoms with Gasteiger partial charge in [-0.2, -0.15) is 0 Å². The highest BCUT2D eigenvalue weighted by Gasteiger charge is 2.41. The first-order chi connectivity index (χ1) is 13.2. The van der Waals surface area contributed by atoms with Gasteiger partial charge in [-0.3, -0.25) is 9.69 Å². The molecule has 0 unspecified atom stereocenters. The molecule has 1 aliphatic heterocycles. The van der Waals surface area contributed by atoms with E-state index in [-0.39, 0.29) is 38.6 Å². The minimum Gasteiger partial charge on any atom is -0.480 e. The molecule has 2 atom stereocenters. The van der Waals surface area contributed by atoms with Crippen LogP contribution in [0.3, 0.4) is 0 Å². The van der Waals surface area contributed by atoms with E-state index in [1.54, 1.807) is 20.8 Å². The molecule has 1 N–H and O–H groups in total. The molecule has 1 amide bonds. The zero-order valence-electron chi connectivity index (χ0n) is 16.4. The molecule has 1 fully saturated rings. The number of likely N-dealkylation sites (tertiary alicyclic amines) is 1. The van der Waals surface area contributed by atoms with Gasteiger partial charge in [-0.15, -0.1) is 0 Å². The molecule has 0 radical (unpaired) electrons. The lowest BCUT2D eigenvalue weighted by atomic mass is 10.2. The van der Waals surface area contributed by atoms with E-state index in [1.807, 2.05) is 30.3 Å². The number of hydrogen-bond acceptors (Lipinski definition) is 6. The lowest BCUT2D eigenvalue weighted by Gasteiger charge is -2.21. The van der Waals surface area contributed by atoms with Crippen molar-refractivity contribution < 1.29 is 33.7 Å². The van der Waals surface area contributed by atoms with Crippen LogP contribution in [0.1, 0.15) is 39.2 Å². The van der Waals surface area contributed by atoms with E-state index in [2.05, 4.69) is 0 Å². The molecule has 28 heavy (non-hydrogen) atoms. The van der Waals surface area contributed by atoms with Gasteiger partial charge in [0.15, 0.2) is 0 Å². The number of carboxylic acids is 1. The van der Waals surface area contributed by atoms with Crippen molar-refractivity contribution in [2.75, 3.05) is 13.2 Å². The summed E-state index contributed by atoms with van der Waals surface area (Å²) in [5, 5.41) is 9.40. The minimum atomic E-state index is -1.12. The predicted molar refractivity (Wildman–Crippen MR) is 99.6 cm³/mol. The van der Waals surface area contributed by atoms with Crippen LogP contribution in [0, 0.1) is 0 Å². The average molecular weight is 393 g/mol. The largest absolute Gasteiger partial charge is 0.480 e. The monoisotopic (exact) mass is 393 g/mol. The standard InChI is InChI=1S/C20H27NO7/c1-20(2,3)28-17(22)9-10-26-15-11-16(18(23)24)21(12-15)19(25)27-13-14-7-5-4-6-8-14/h4-8,15-16H,9-13H2,1-3H3,(H,23,24)/t15-,16-/m0/s1. The van der Waals surface area contributed by atoms with E-state index in [9.17, 15) is 19.5 Å². The molecule has 1 aliphatic rings. The molecule has 0 bridgehead atoms. The fourth-order valence-electron chi connectivity index (χ4n) is 2.86. The quantitative estimate of drug-likeness (QED) is 0.710. The first-order valence-electron chi connectivity index (χ1n) is 9.19. The number of rotatable bonds is 7. The van der Waals surface area contributed by atoms with Gasteiger partial charge >= 0.3 is 18.0 Å². The number of benzene rings is 1. The number of carbonyl (C=O) groups is 3. The minimum absolute atomic E-state index is 0.0595. The summed E-state index contributed by atoms with van der Waals surface area (Å²) < 4.78 is 16.0. The van der Waals surface area contributed by atoms with Crippen molar-refractivity contribution in [2.45, 2.75) is 58.0 Å². The molecular formula is C20H27NO7.